The summed E-state index contributed by atoms with van der Waals surface area (Å²) in [5.41, 5.74) is 1.21. The van der Waals surface area contributed by atoms with E-state index in [1.54, 1.807) is 41.9 Å². The predicted molar refractivity (Wildman–Crippen MR) is 118 cm³/mol. The number of carbonyl (C=O) groups is 1. The largest absolute Gasteiger partial charge is 0.367 e. The second kappa shape index (κ2) is 9.36. The van der Waals surface area contributed by atoms with Gasteiger partial charge in [-0.2, -0.15) is 0 Å². The van der Waals surface area contributed by atoms with Gasteiger partial charge in [-0.05, 0) is 42.6 Å². The molecule has 0 aliphatic carbocycles. The maximum atomic E-state index is 14.2. The zero-order chi connectivity index (χ0) is 20.9. The second-order valence-electron chi connectivity index (χ2n) is 7.44. The highest BCUT2D eigenvalue weighted by atomic mass is 32.1. The summed E-state index contributed by atoms with van der Waals surface area (Å²) >= 11 is 1.70. The summed E-state index contributed by atoms with van der Waals surface area (Å²) in [5, 5.41) is 5.21. The van der Waals surface area contributed by atoms with Gasteiger partial charge in [0.05, 0.1) is 17.3 Å². The normalized spacial score (nSPS) is 16.8. The third kappa shape index (κ3) is 4.52. The minimum Gasteiger partial charge on any atom is -0.367 e. The molecule has 3 heterocycles. The molecule has 5 nitrogen and oxygen atoms in total. The van der Waals surface area contributed by atoms with Crippen LogP contribution >= 0.6 is 11.3 Å². The van der Waals surface area contributed by atoms with Gasteiger partial charge in [-0.1, -0.05) is 18.2 Å². The van der Waals surface area contributed by atoms with Gasteiger partial charge in [-0.15, -0.1) is 11.3 Å². The third-order valence-corrected chi connectivity index (χ3v) is 6.43. The average molecular weight is 425 g/mol. The van der Waals surface area contributed by atoms with Crippen molar-refractivity contribution in [2.24, 2.45) is 0 Å². The fraction of sp³-hybridized carbons (Fsp3) is 0.304. The maximum absolute atomic E-state index is 14.2. The van der Waals surface area contributed by atoms with Crippen LogP contribution in [0.2, 0.25) is 0 Å². The minimum absolute atomic E-state index is 0.0633. The number of carbonyl (C=O) groups excluding carboxylic acids is 1. The summed E-state index contributed by atoms with van der Waals surface area (Å²) in [7, 11) is 0. The highest BCUT2D eigenvalue weighted by molar-refractivity contribution is 7.10. The molecular weight excluding hydrogens is 399 g/mol. The van der Waals surface area contributed by atoms with Crippen LogP contribution in [0.4, 0.5) is 10.1 Å². The number of amides is 1. The highest BCUT2D eigenvalue weighted by Gasteiger charge is 2.31. The predicted octanol–water partition coefficient (Wildman–Crippen LogP) is 3.96. The Balaban J connectivity index is 1.47. The lowest BCUT2D eigenvalue weighted by molar-refractivity contribution is 0.0890. The van der Waals surface area contributed by atoms with Gasteiger partial charge in [0.1, 0.15) is 5.82 Å². The number of rotatable bonds is 6. The molecule has 1 aliphatic rings. The molecule has 1 aliphatic heterocycles. The Morgan fingerprint density at radius 3 is 2.57 bits per heavy atom. The number of halogens is 1. The van der Waals surface area contributed by atoms with E-state index in [2.05, 4.69) is 31.5 Å². The number of nitrogens with zero attached hydrogens (tertiary/aromatic N) is 3. The van der Waals surface area contributed by atoms with Crippen LogP contribution in [0.5, 0.6) is 0 Å². The molecule has 1 fully saturated rings. The van der Waals surface area contributed by atoms with Crippen LogP contribution in [0.1, 0.15) is 28.2 Å². The van der Waals surface area contributed by atoms with Crippen molar-refractivity contribution < 1.29 is 9.18 Å². The highest BCUT2D eigenvalue weighted by Crippen LogP contribution is 2.30. The van der Waals surface area contributed by atoms with E-state index in [-0.39, 0.29) is 23.8 Å². The molecule has 7 heteroatoms. The molecule has 1 amide bonds. The molecule has 30 heavy (non-hydrogen) atoms. The number of hydrogen-bond donors (Lipinski definition) is 1. The zero-order valence-corrected chi connectivity index (χ0v) is 17.7. The van der Waals surface area contributed by atoms with E-state index < -0.39 is 0 Å². The number of piperazine rings is 1. The van der Waals surface area contributed by atoms with Crippen LogP contribution in [0.25, 0.3) is 0 Å². The van der Waals surface area contributed by atoms with E-state index in [0.717, 1.165) is 26.2 Å². The van der Waals surface area contributed by atoms with Crippen molar-refractivity contribution in [1.29, 1.82) is 0 Å². The number of para-hydroxylation sites is 1. The fourth-order valence-corrected chi connectivity index (χ4v) is 4.98. The summed E-state index contributed by atoms with van der Waals surface area (Å²) in [4.78, 5) is 22.4. The van der Waals surface area contributed by atoms with Crippen LogP contribution in [-0.4, -0.2) is 48.0 Å². The molecule has 4 rings (SSSR count). The van der Waals surface area contributed by atoms with Crippen LogP contribution in [0, 0.1) is 5.82 Å². The summed E-state index contributed by atoms with van der Waals surface area (Å²) in [6.45, 7) is 5.12. The molecule has 2 atom stereocenters. The lowest BCUT2D eigenvalue weighted by Gasteiger charge is -2.42. The summed E-state index contributed by atoms with van der Waals surface area (Å²) < 4.78 is 14.2. The molecule has 0 unspecified atom stereocenters. The smallest absolute Gasteiger partial charge is 0.253 e. The first-order chi connectivity index (χ1) is 14.6. The molecule has 1 N–H and O–H groups in total. The zero-order valence-electron chi connectivity index (χ0n) is 16.9. The summed E-state index contributed by atoms with van der Waals surface area (Å²) in [5.74, 6) is -0.306. The lowest BCUT2D eigenvalue weighted by Crippen LogP contribution is -2.52. The number of benzene rings is 1. The van der Waals surface area contributed by atoms with Gasteiger partial charge in [-0.3, -0.25) is 14.7 Å². The van der Waals surface area contributed by atoms with Crippen molar-refractivity contribution in [1.82, 2.24) is 15.2 Å². The fourth-order valence-electron chi connectivity index (χ4n) is 4.02. The van der Waals surface area contributed by atoms with Gasteiger partial charge in [-0.25, -0.2) is 4.39 Å². The molecule has 156 valence electrons. The Kier molecular flexibility index (Phi) is 6.40. The maximum Gasteiger partial charge on any atom is 0.253 e. The van der Waals surface area contributed by atoms with E-state index in [9.17, 15) is 9.18 Å². The Morgan fingerprint density at radius 1 is 1.10 bits per heavy atom. The van der Waals surface area contributed by atoms with Crippen LogP contribution in [0.3, 0.4) is 0 Å². The molecule has 0 bridgehead atoms. The van der Waals surface area contributed by atoms with E-state index in [4.69, 9.17) is 0 Å². The molecule has 0 radical (unpaired) electrons. The van der Waals surface area contributed by atoms with Crippen LogP contribution < -0.4 is 10.2 Å². The topological polar surface area (TPSA) is 48.5 Å². The number of anilines is 1. The van der Waals surface area contributed by atoms with Gasteiger partial charge >= 0.3 is 0 Å². The van der Waals surface area contributed by atoms with Crippen molar-refractivity contribution in [2.75, 3.05) is 31.1 Å². The molecule has 0 saturated carbocycles. The average Bonchev–Trinajstić information content (AvgIpc) is 3.30. The summed E-state index contributed by atoms with van der Waals surface area (Å²) in [6.07, 6.45) is 3.24. The number of pyridine rings is 1. The standard InChI is InChI=1S/C23H25FN4OS/c1-17(26-23(29)18-6-4-10-25-16-18)22(21-9-5-15-30-21)28-13-11-27(12-14-28)20-8-3-2-7-19(20)24/h2-10,15-17,22H,11-14H2,1H3,(H,26,29)/t17-,22-/m0/s1. The molecular formula is C23H25FN4OS. The Labute approximate surface area is 180 Å². The van der Waals surface area contributed by atoms with Gasteiger partial charge in [0.25, 0.3) is 5.91 Å². The lowest BCUT2D eigenvalue weighted by atomic mass is 10.0. The van der Waals surface area contributed by atoms with Crippen molar-refractivity contribution in [3.8, 4) is 0 Å². The van der Waals surface area contributed by atoms with E-state index in [1.807, 2.05) is 25.1 Å². The number of aromatic nitrogens is 1. The molecule has 1 saturated heterocycles. The quantitative estimate of drug-likeness (QED) is 0.651. The first-order valence-corrected chi connectivity index (χ1v) is 11.0. The van der Waals surface area contributed by atoms with Gasteiger partial charge in [0.2, 0.25) is 0 Å². The SMILES string of the molecule is C[C@H](NC(=O)c1cccnc1)[C@@H](c1cccs1)N1CCN(c2ccccc2F)CC1. The Morgan fingerprint density at radius 2 is 1.90 bits per heavy atom. The van der Waals surface area contributed by atoms with E-state index in [0.29, 0.717) is 11.3 Å². The first-order valence-electron chi connectivity index (χ1n) is 10.1. The first kappa shape index (κ1) is 20.5. The van der Waals surface area contributed by atoms with Gasteiger partial charge in [0, 0.05) is 49.5 Å². The Hall–Kier alpha value is -2.77. The van der Waals surface area contributed by atoms with Crippen molar-refractivity contribution in [3.05, 3.63) is 82.6 Å². The Bertz CT molecular complexity index is 958. The monoisotopic (exact) mass is 424 g/mol. The van der Waals surface area contributed by atoms with Crippen LogP contribution in [0.15, 0.2) is 66.3 Å². The minimum atomic E-state index is -0.183. The van der Waals surface area contributed by atoms with Gasteiger partial charge in [0.15, 0.2) is 0 Å². The van der Waals surface area contributed by atoms with Crippen molar-refractivity contribution in [2.45, 2.75) is 19.0 Å². The van der Waals surface area contributed by atoms with Crippen molar-refractivity contribution in [3.63, 3.8) is 0 Å². The third-order valence-electron chi connectivity index (χ3n) is 5.49. The molecule has 3 aromatic rings. The van der Waals surface area contributed by atoms with Crippen LogP contribution in [-0.2, 0) is 0 Å². The van der Waals surface area contributed by atoms with Crippen molar-refractivity contribution >= 4 is 22.9 Å². The second-order valence-corrected chi connectivity index (χ2v) is 8.42. The number of hydrogen-bond acceptors (Lipinski definition) is 5. The molecule has 2 aromatic heterocycles. The van der Waals surface area contributed by atoms with E-state index >= 15 is 0 Å². The molecule has 0 spiro atoms. The number of nitrogens with one attached hydrogen (secondary N) is 1. The van der Waals surface area contributed by atoms with Gasteiger partial charge < -0.3 is 10.2 Å². The van der Waals surface area contributed by atoms with E-state index in [1.165, 1.54) is 10.9 Å². The number of thiophene rings is 1. The summed E-state index contributed by atoms with van der Waals surface area (Å²) in [6, 6.07) is 14.6. The molecule has 1 aromatic carbocycles.